The molecule has 18 heteroatoms. The van der Waals surface area contributed by atoms with Crippen LogP contribution in [0.15, 0.2) is 67.1 Å². The third kappa shape index (κ3) is 9.93. The van der Waals surface area contributed by atoms with Crippen LogP contribution < -0.4 is 20.3 Å². The van der Waals surface area contributed by atoms with Crippen molar-refractivity contribution in [2.24, 2.45) is 11.3 Å². The molecular weight excluding hydrogens is 899 g/mol. The number of hydrogen-bond acceptors (Lipinski definition) is 11. The molecule has 3 aromatic heterocycles. The largest absolute Gasteiger partial charge is 0.486 e. The van der Waals surface area contributed by atoms with E-state index in [-0.39, 0.29) is 47.2 Å². The summed E-state index contributed by atoms with van der Waals surface area (Å²) < 4.78 is 21.6. The van der Waals surface area contributed by atoms with Gasteiger partial charge < -0.3 is 34.9 Å². The van der Waals surface area contributed by atoms with Crippen LogP contribution in [-0.4, -0.2) is 131 Å². The Kier molecular flexibility index (Phi) is 13.7. The number of hydrogen-bond donors (Lipinski definition) is 3. The Bertz CT molecular complexity index is 2600. The number of nitrogens with one attached hydrogen (secondary N) is 3. The molecular formula is C49H55Cl2FN10O5. The van der Waals surface area contributed by atoms with Gasteiger partial charge in [-0.25, -0.2) is 9.37 Å². The number of nitrogens with zero attached hydrogens (tertiary/aromatic N) is 7. The smallest absolute Gasteiger partial charge is 0.242 e. The summed E-state index contributed by atoms with van der Waals surface area (Å²) in [6.07, 6.45) is 8.63. The highest BCUT2D eigenvalue weighted by atomic mass is 35.5. The molecule has 4 aliphatic heterocycles. The number of aldehydes is 1. The first-order chi connectivity index (χ1) is 32.4. The van der Waals surface area contributed by atoms with E-state index >= 15 is 4.39 Å². The Morgan fingerprint density at radius 1 is 0.940 bits per heavy atom. The molecule has 352 valence electrons. The molecule has 3 amide bonds. The third-order valence-electron chi connectivity index (χ3n) is 14.0. The molecule has 67 heavy (non-hydrogen) atoms. The van der Waals surface area contributed by atoms with Gasteiger partial charge in [-0.1, -0.05) is 29.3 Å². The van der Waals surface area contributed by atoms with Crippen LogP contribution >= 0.6 is 23.2 Å². The molecule has 3 N–H and O–H groups in total. The molecule has 2 atom stereocenters. The second-order valence-electron chi connectivity index (χ2n) is 18.5. The van der Waals surface area contributed by atoms with E-state index in [0.29, 0.717) is 84.6 Å². The average Bonchev–Trinajstić information content (AvgIpc) is 3.73. The van der Waals surface area contributed by atoms with E-state index in [9.17, 15) is 19.2 Å². The minimum atomic E-state index is -0.635. The number of aromatic amines is 1. The lowest BCUT2D eigenvalue weighted by Gasteiger charge is -2.61. The zero-order valence-electron chi connectivity index (χ0n) is 37.6. The number of likely N-dealkylation sites (tertiary alicyclic amines) is 3. The quantitative estimate of drug-likeness (QED) is 0.0937. The fourth-order valence-electron chi connectivity index (χ4n) is 10.3. The van der Waals surface area contributed by atoms with Crippen LogP contribution in [0.1, 0.15) is 68.6 Å². The number of pyridine rings is 2. The molecule has 2 aromatic carbocycles. The molecule has 1 unspecified atom stereocenters. The first kappa shape index (κ1) is 46.3. The van der Waals surface area contributed by atoms with E-state index in [1.807, 2.05) is 53.3 Å². The maximum Gasteiger partial charge on any atom is 0.242 e. The molecule has 5 aromatic rings. The lowest BCUT2D eigenvalue weighted by Crippen LogP contribution is -2.73. The minimum absolute atomic E-state index is 0.0294. The van der Waals surface area contributed by atoms with Crippen LogP contribution in [0.2, 0.25) is 10.0 Å². The summed E-state index contributed by atoms with van der Waals surface area (Å²) in [4.78, 5) is 67.2. The second kappa shape index (κ2) is 19.8. The molecule has 4 aliphatic rings. The van der Waals surface area contributed by atoms with E-state index < -0.39 is 12.1 Å². The van der Waals surface area contributed by atoms with Crippen LogP contribution in [0.5, 0.6) is 5.75 Å². The molecule has 4 fully saturated rings. The number of ether oxygens (including phenoxy) is 1. The predicted molar refractivity (Wildman–Crippen MR) is 255 cm³/mol. The number of amides is 3. The first-order valence-corrected chi connectivity index (χ1v) is 23.8. The maximum atomic E-state index is 15.3. The molecule has 4 saturated heterocycles. The van der Waals surface area contributed by atoms with Gasteiger partial charge in [-0.2, -0.15) is 5.10 Å². The van der Waals surface area contributed by atoms with E-state index in [0.717, 1.165) is 73.3 Å². The van der Waals surface area contributed by atoms with Crippen LogP contribution in [-0.2, 0) is 19.2 Å². The predicted octanol–water partition coefficient (Wildman–Crippen LogP) is 6.88. The summed E-state index contributed by atoms with van der Waals surface area (Å²) in [5.41, 5.74) is 4.39. The number of halogens is 3. The van der Waals surface area contributed by atoms with Gasteiger partial charge in [0.25, 0.3) is 0 Å². The lowest BCUT2D eigenvalue weighted by atomic mass is 9.72. The number of fused-ring (bicyclic) bond motifs is 1. The zero-order valence-corrected chi connectivity index (χ0v) is 39.2. The third-order valence-corrected chi connectivity index (χ3v) is 14.6. The number of H-pyrrole nitrogens is 1. The average molecular weight is 954 g/mol. The highest BCUT2D eigenvalue weighted by molar-refractivity contribution is 6.35. The minimum Gasteiger partial charge on any atom is -0.486 e. The Morgan fingerprint density at radius 2 is 1.69 bits per heavy atom. The highest BCUT2D eigenvalue weighted by Crippen LogP contribution is 2.43. The Morgan fingerprint density at radius 3 is 2.36 bits per heavy atom. The van der Waals surface area contributed by atoms with Gasteiger partial charge in [-0.05, 0) is 106 Å². The lowest BCUT2D eigenvalue weighted by molar-refractivity contribution is -0.152. The van der Waals surface area contributed by atoms with Crippen molar-refractivity contribution < 1.29 is 28.3 Å². The van der Waals surface area contributed by atoms with Gasteiger partial charge in [0.15, 0.2) is 0 Å². The van der Waals surface area contributed by atoms with Gasteiger partial charge >= 0.3 is 0 Å². The summed E-state index contributed by atoms with van der Waals surface area (Å²) in [6.45, 7) is 7.88. The molecule has 9 rings (SSSR count). The number of piperidine rings is 2. The van der Waals surface area contributed by atoms with E-state index in [1.54, 1.807) is 24.5 Å². The van der Waals surface area contributed by atoms with E-state index in [4.69, 9.17) is 32.9 Å². The number of rotatable bonds is 15. The van der Waals surface area contributed by atoms with Crippen molar-refractivity contribution in [1.29, 1.82) is 0 Å². The summed E-state index contributed by atoms with van der Waals surface area (Å²) in [5.74, 6) is 1.17. The van der Waals surface area contributed by atoms with Crippen LogP contribution in [0.3, 0.4) is 0 Å². The molecule has 0 radical (unpaired) electrons. The van der Waals surface area contributed by atoms with Gasteiger partial charge in [0.2, 0.25) is 17.7 Å². The number of carbonyl (C=O) groups excluding carboxylic acids is 4. The number of likely N-dealkylation sites (N-methyl/N-ethyl adjacent to an activating group) is 1. The molecule has 0 bridgehead atoms. The number of benzene rings is 2. The molecule has 0 aliphatic carbocycles. The van der Waals surface area contributed by atoms with Crippen LogP contribution in [0.25, 0.3) is 22.2 Å². The summed E-state index contributed by atoms with van der Waals surface area (Å²) in [5, 5.41) is 15.1. The maximum absolute atomic E-state index is 15.3. The summed E-state index contributed by atoms with van der Waals surface area (Å²) in [7, 11) is 1.53. The number of aromatic nitrogens is 4. The van der Waals surface area contributed by atoms with E-state index in [1.165, 1.54) is 13.1 Å². The van der Waals surface area contributed by atoms with Crippen molar-refractivity contribution in [3.05, 3.63) is 94.1 Å². The Labute approximate surface area is 398 Å². The van der Waals surface area contributed by atoms with Crippen molar-refractivity contribution in [3.8, 4) is 17.0 Å². The van der Waals surface area contributed by atoms with Crippen molar-refractivity contribution in [3.63, 3.8) is 0 Å². The molecule has 7 heterocycles. The van der Waals surface area contributed by atoms with Gasteiger partial charge in [-0.15, -0.1) is 0 Å². The Hall–Kier alpha value is -5.84. The standard InChI is InChI=1S/C49H55Cl2FN10O5/c1-30(45-38(50)23-54-24-39(45)51)67-35-7-9-41-37(21-35)46(58-57-41)33-5-10-43(55-22-33)61-26-49(27-61)28-62(29-49)48(66)32-13-17-60(18-14-32)44(64)25-59-15-11-31(12-16-59)36-8-6-34(20-40(36)52)56-42(4-3-19-63)47(65)53-2/h5-10,19-24,30-32,42,56H,3-4,11-18,25-29H2,1-2H3,(H,53,65)(H,57,58)/t30-,42?/m1/s1. The zero-order chi connectivity index (χ0) is 46.8. The van der Waals surface area contributed by atoms with Crippen molar-refractivity contribution in [1.82, 2.24) is 40.2 Å². The molecule has 0 saturated carbocycles. The van der Waals surface area contributed by atoms with Crippen LogP contribution in [0, 0.1) is 17.2 Å². The monoisotopic (exact) mass is 952 g/mol. The van der Waals surface area contributed by atoms with Gasteiger partial charge in [0, 0.05) is 105 Å². The molecule has 15 nitrogen and oxygen atoms in total. The highest BCUT2D eigenvalue weighted by Gasteiger charge is 2.54. The van der Waals surface area contributed by atoms with Crippen molar-refractivity contribution in [2.75, 3.05) is 76.2 Å². The number of anilines is 2. The van der Waals surface area contributed by atoms with E-state index in [2.05, 4.69) is 35.6 Å². The Balaban J connectivity index is 0.694. The second-order valence-corrected chi connectivity index (χ2v) is 19.3. The van der Waals surface area contributed by atoms with Gasteiger partial charge in [0.05, 0.1) is 22.1 Å². The van der Waals surface area contributed by atoms with Gasteiger partial charge in [0.1, 0.15) is 41.5 Å². The van der Waals surface area contributed by atoms with Crippen molar-refractivity contribution in [2.45, 2.75) is 63.5 Å². The fourth-order valence-corrected chi connectivity index (χ4v) is 10.9. The summed E-state index contributed by atoms with van der Waals surface area (Å²) >= 11 is 12.7. The summed E-state index contributed by atoms with van der Waals surface area (Å²) in [6, 6.07) is 14.1. The fraction of sp³-hybridized carbons (Fsp3) is 0.449. The first-order valence-electron chi connectivity index (χ1n) is 23.1. The van der Waals surface area contributed by atoms with Crippen molar-refractivity contribution >= 4 is 69.6 Å². The van der Waals surface area contributed by atoms with Gasteiger partial charge in [-0.3, -0.25) is 29.4 Å². The normalized spacial score (nSPS) is 18.6. The topological polar surface area (TPSA) is 169 Å². The number of carbonyl (C=O) groups is 4. The van der Waals surface area contributed by atoms with Crippen LogP contribution in [0.4, 0.5) is 15.9 Å². The SMILES string of the molecule is CNC(=O)C(CCC=O)Nc1ccc(C2CCN(CC(=O)N3CCC(C(=O)N4CC5(C4)CN(c4ccc(-c6n[nH]c7ccc(O[C@H](C)c8c(Cl)cncc8Cl)cc67)cn4)C5)CC3)CC2)c(F)c1. The molecule has 1 spiro atoms.